The van der Waals surface area contributed by atoms with Gasteiger partial charge in [-0.25, -0.2) is 8.42 Å². The molecule has 0 amide bonds. The van der Waals surface area contributed by atoms with Gasteiger partial charge in [-0.05, 0) is 49.4 Å². The molecular weight excluding hydrogens is 414 g/mol. The Morgan fingerprint density at radius 1 is 1.14 bits per heavy atom. The standard InChI is InChI=1S/C20H22ClN3O2S2/c1-22(17-9-10-28(25,26)13-17)14-24-19-11-16(21)7-8-18(19)23(20(24)27)12-15-5-3-2-4-6-15/h2-8,11,17H,9-10,12-14H2,1H3. The van der Waals surface area contributed by atoms with Crippen LogP contribution >= 0.6 is 23.8 Å². The predicted octanol–water partition coefficient (Wildman–Crippen LogP) is 3.95. The number of sulfone groups is 1. The first kappa shape index (κ1) is 19.6. The van der Waals surface area contributed by atoms with Crippen molar-refractivity contribution in [1.29, 1.82) is 0 Å². The minimum atomic E-state index is -2.93. The fourth-order valence-corrected chi connectivity index (χ4v) is 6.10. The molecule has 5 nitrogen and oxygen atoms in total. The maximum atomic E-state index is 11.9. The largest absolute Gasteiger partial charge is 0.312 e. The predicted molar refractivity (Wildman–Crippen MR) is 116 cm³/mol. The summed E-state index contributed by atoms with van der Waals surface area (Å²) in [5.41, 5.74) is 3.15. The SMILES string of the molecule is CN(Cn1c(=S)n(Cc2ccccc2)c2ccc(Cl)cc21)C1CCS(=O)(=O)C1. The molecule has 0 aliphatic carbocycles. The molecule has 2 aromatic carbocycles. The van der Waals surface area contributed by atoms with Crippen LogP contribution in [0.2, 0.25) is 5.02 Å². The number of aromatic nitrogens is 2. The van der Waals surface area contributed by atoms with Crippen LogP contribution in [0.25, 0.3) is 11.0 Å². The Morgan fingerprint density at radius 2 is 1.89 bits per heavy atom. The molecule has 0 spiro atoms. The minimum absolute atomic E-state index is 0.0126. The Hall–Kier alpha value is -1.67. The molecule has 0 saturated carbocycles. The highest BCUT2D eigenvalue weighted by molar-refractivity contribution is 7.91. The third kappa shape index (κ3) is 3.89. The Balaban J connectivity index is 1.72. The molecule has 1 fully saturated rings. The van der Waals surface area contributed by atoms with E-state index in [0.29, 0.717) is 29.4 Å². The highest BCUT2D eigenvalue weighted by Crippen LogP contribution is 2.25. The monoisotopic (exact) mass is 435 g/mol. The summed E-state index contributed by atoms with van der Waals surface area (Å²) in [6.07, 6.45) is 0.662. The van der Waals surface area contributed by atoms with Crippen molar-refractivity contribution in [3.63, 3.8) is 0 Å². The number of imidazole rings is 1. The van der Waals surface area contributed by atoms with E-state index < -0.39 is 9.84 Å². The summed E-state index contributed by atoms with van der Waals surface area (Å²) in [7, 11) is -0.974. The van der Waals surface area contributed by atoms with Gasteiger partial charge in [-0.2, -0.15) is 0 Å². The van der Waals surface area contributed by atoms with Crippen molar-refractivity contribution in [3.8, 4) is 0 Å². The molecule has 0 bridgehead atoms. The third-order valence-corrected chi connectivity index (χ3v) is 7.79. The lowest BCUT2D eigenvalue weighted by Crippen LogP contribution is -2.34. The molecule has 1 saturated heterocycles. The van der Waals surface area contributed by atoms with E-state index in [0.717, 1.165) is 11.0 Å². The van der Waals surface area contributed by atoms with Crippen LogP contribution in [0, 0.1) is 4.77 Å². The summed E-state index contributed by atoms with van der Waals surface area (Å²) in [5.74, 6) is 0.467. The Bertz CT molecular complexity index is 1170. The van der Waals surface area contributed by atoms with Gasteiger partial charge >= 0.3 is 0 Å². The molecule has 1 aromatic heterocycles. The maximum Gasteiger partial charge on any atom is 0.182 e. The van der Waals surface area contributed by atoms with Crippen LogP contribution in [-0.4, -0.2) is 47.0 Å². The molecule has 4 rings (SSSR count). The zero-order chi connectivity index (χ0) is 19.9. The van der Waals surface area contributed by atoms with Crippen LogP contribution in [0.5, 0.6) is 0 Å². The number of halogens is 1. The number of benzene rings is 2. The first-order valence-corrected chi connectivity index (χ1v) is 11.8. The summed E-state index contributed by atoms with van der Waals surface area (Å²) in [4.78, 5) is 2.08. The Morgan fingerprint density at radius 3 is 2.57 bits per heavy atom. The maximum absolute atomic E-state index is 11.9. The normalized spacial score (nSPS) is 18.9. The number of rotatable bonds is 5. The fourth-order valence-electron chi connectivity index (χ4n) is 3.81. The topological polar surface area (TPSA) is 47.2 Å². The lowest BCUT2D eigenvalue weighted by Gasteiger charge is -2.23. The molecule has 1 aliphatic heterocycles. The van der Waals surface area contributed by atoms with Crippen LogP contribution in [-0.2, 0) is 23.1 Å². The minimum Gasteiger partial charge on any atom is -0.312 e. The van der Waals surface area contributed by atoms with Gasteiger partial charge < -0.3 is 9.13 Å². The van der Waals surface area contributed by atoms with E-state index in [1.54, 1.807) is 0 Å². The van der Waals surface area contributed by atoms with Gasteiger partial charge in [0.1, 0.15) is 0 Å². The van der Waals surface area contributed by atoms with Crippen LogP contribution < -0.4 is 0 Å². The van der Waals surface area contributed by atoms with Crippen molar-refractivity contribution in [2.24, 2.45) is 0 Å². The lowest BCUT2D eigenvalue weighted by atomic mass is 10.2. The molecule has 2 heterocycles. The van der Waals surface area contributed by atoms with Gasteiger partial charge in [0.05, 0.1) is 35.8 Å². The van der Waals surface area contributed by atoms with E-state index in [9.17, 15) is 8.42 Å². The quantitative estimate of drug-likeness (QED) is 0.569. The van der Waals surface area contributed by atoms with E-state index in [1.165, 1.54) is 5.56 Å². The molecule has 28 heavy (non-hydrogen) atoms. The Kier molecular flexibility index (Phi) is 5.35. The van der Waals surface area contributed by atoms with Gasteiger partial charge in [0.15, 0.2) is 14.6 Å². The first-order chi connectivity index (χ1) is 13.3. The van der Waals surface area contributed by atoms with Gasteiger partial charge in [-0.3, -0.25) is 4.90 Å². The lowest BCUT2D eigenvalue weighted by molar-refractivity contribution is 0.210. The van der Waals surface area contributed by atoms with E-state index in [4.69, 9.17) is 23.8 Å². The molecule has 1 unspecified atom stereocenters. The summed E-state index contributed by atoms with van der Waals surface area (Å²) in [6.45, 7) is 1.20. The van der Waals surface area contributed by atoms with E-state index in [1.807, 2.05) is 48.0 Å². The summed E-state index contributed by atoms with van der Waals surface area (Å²) in [6, 6.07) is 16.0. The average molecular weight is 436 g/mol. The van der Waals surface area contributed by atoms with Crippen molar-refractivity contribution in [1.82, 2.24) is 14.0 Å². The van der Waals surface area contributed by atoms with Crippen molar-refractivity contribution in [2.75, 3.05) is 18.6 Å². The number of nitrogens with zero attached hydrogens (tertiary/aromatic N) is 3. The van der Waals surface area contributed by atoms with Crippen LogP contribution in [0.15, 0.2) is 48.5 Å². The molecule has 148 valence electrons. The summed E-state index contributed by atoms with van der Waals surface area (Å²) >= 11 is 12.1. The summed E-state index contributed by atoms with van der Waals surface area (Å²) in [5, 5.41) is 0.652. The van der Waals surface area contributed by atoms with Crippen LogP contribution in [0.4, 0.5) is 0 Å². The second-order valence-corrected chi connectivity index (χ2v) is 10.4. The number of hydrogen-bond acceptors (Lipinski definition) is 4. The van der Waals surface area contributed by atoms with Crippen molar-refractivity contribution in [3.05, 3.63) is 63.9 Å². The molecule has 1 aliphatic rings. The highest BCUT2D eigenvalue weighted by Gasteiger charge is 2.31. The van der Waals surface area contributed by atoms with E-state index in [2.05, 4.69) is 21.6 Å². The van der Waals surface area contributed by atoms with Gasteiger partial charge in [-0.1, -0.05) is 41.9 Å². The van der Waals surface area contributed by atoms with Gasteiger partial charge in [0.2, 0.25) is 0 Å². The first-order valence-electron chi connectivity index (χ1n) is 9.17. The van der Waals surface area contributed by atoms with E-state index in [-0.39, 0.29) is 17.5 Å². The Labute approximate surface area is 175 Å². The molecule has 3 aromatic rings. The van der Waals surface area contributed by atoms with Gasteiger partial charge in [0, 0.05) is 11.1 Å². The average Bonchev–Trinajstić information content (AvgIpc) is 3.15. The fraction of sp³-hybridized carbons (Fsp3) is 0.350. The van der Waals surface area contributed by atoms with Crippen molar-refractivity contribution in [2.45, 2.75) is 25.7 Å². The van der Waals surface area contributed by atoms with Gasteiger partial charge in [-0.15, -0.1) is 0 Å². The molecule has 0 N–H and O–H groups in total. The van der Waals surface area contributed by atoms with Crippen molar-refractivity contribution >= 4 is 44.7 Å². The highest BCUT2D eigenvalue weighted by atomic mass is 35.5. The molecular formula is C20H22ClN3O2S2. The number of fused-ring (bicyclic) bond motifs is 1. The van der Waals surface area contributed by atoms with Crippen LogP contribution in [0.1, 0.15) is 12.0 Å². The smallest absolute Gasteiger partial charge is 0.182 e. The van der Waals surface area contributed by atoms with E-state index >= 15 is 0 Å². The zero-order valence-corrected chi connectivity index (χ0v) is 18.0. The molecule has 1 atom stereocenters. The summed E-state index contributed by atoms with van der Waals surface area (Å²) < 4.78 is 28.6. The zero-order valence-electron chi connectivity index (χ0n) is 15.6. The second kappa shape index (κ2) is 7.63. The second-order valence-electron chi connectivity index (χ2n) is 7.37. The number of hydrogen-bond donors (Lipinski definition) is 0. The van der Waals surface area contributed by atoms with Crippen LogP contribution in [0.3, 0.4) is 0 Å². The van der Waals surface area contributed by atoms with Crippen molar-refractivity contribution < 1.29 is 8.42 Å². The third-order valence-electron chi connectivity index (χ3n) is 5.36. The molecule has 0 radical (unpaired) electrons. The van der Waals surface area contributed by atoms with Gasteiger partial charge in [0.25, 0.3) is 0 Å². The molecule has 8 heteroatoms.